The van der Waals surface area contributed by atoms with Crippen LogP contribution >= 0.6 is 35.3 Å². The number of halogens is 1. The van der Waals surface area contributed by atoms with Gasteiger partial charge >= 0.3 is 0 Å². The van der Waals surface area contributed by atoms with E-state index in [-0.39, 0.29) is 29.9 Å². The van der Waals surface area contributed by atoms with Gasteiger partial charge < -0.3 is 19.9 Å². The Balaban J connectivity index is 0.00000261. The number of likely N-dealkylation sites (tertiary alicyclic amines) is 1. The second-order valence-electron chi connectivity index (χ2n) is 6.98. The molecule has 1 saturated heterocycles. The molecule has 1 aromatic heterocycles. The zero-order chi connectivity index (χ0) is 18.4. The number of rotatable bonds is 6. The summed E-state index contributed by atoms with van der Waals surface area (Å²) >= 11 is 1.80. The van der Waals surface area contributed by atoms with Gasteiger partial charge in [0.1, 0.15) is 0 Å². The summed E-state index contributed by atoms with van der Waals surface area (Å²) in [5, 5.41) is 5.49. The van der Waals surface area contributed by atoms with Crippen molar-refractivity contribution in [3.63, 3.8) is 0 Å². The van der Waals surface area contributed by atoms with Gasteiger partial charge in [-0.05, 0) is 36.8 Å². The molecule has 8 heteroatoms. The van der Waals surface area contributed by atoms with Gasteiger partial charge in [0.05, 0.1) is 13.2 Å². The maximum absolute atomic E-state index is 12.5. The lowest BCUT2D eigenvalue weighted by molar-refractivity contribution is -0.131. The monoisotopic (exact) mass is 506 g/mol. The minimum Gasteiger partial charge on any atom is -0.384 e. The van der Waals surface area contributed by atoms with Crippen LogP contribution in [0.15, 0.2) is 16.4 Å². The Labute approximate surface area is 183 Å². The average molecular weight is 506 g/mol. The second kappa shape index (κ2) is 11.2. The van der Waals surface area contributed by atoms with E-state index in [1.807, 2.05) is 4.90 Å². The summed E-state index contributed by atoms with van der Waals surface area (Å²) in [5.41, 5.74) is 1.31. The highest BCUT2D eigenvalue weighted by molar-refractivity contribution is 14.0. The molecule has 0 radical (unpaired) electrons. The van der Waals surface area contributed by atoms with Crippen molar-refractivity contribution < 1.29 is 9.53 Å². The average Bonchev–Trinajstić information content (AvgIpc) is 3.29. The first kappa shape index (κ1) is 22.4. The third-order valence-corrected chi connectivity index (χ3v) is 6.09. The molecular weight excluding hydrogens is 475 g/mol. The van der Waals surface area contributed by atoms with Crippen molar-refractivity contribution in [3.8, 4) is 0 Å². The van der Waals surface area contributed by atoms with Crippen LogP contribution in [0, 0.1) is 5.92 Å². The van der Waals surface area contributed by atoms with Crippen LogP contribution in [0.4, 0.5) is 0 Å². The second-order valence-corrected chi connectivity index (χ2v) is 7.98. The van der Waals surface area contributed by atoms with Crippen LogP contribution in [0.1, 0.15) is 30.2 Å². The molecule has 0 spiro atoms. The van der Waals surface area contributed by atoms with Crippen LogP contribution in [0.25, 0.3) is 0 Å². The number of methoxy groups -OCH3 is 1. The lowest BCUT2D eigenvalue weighted by Crippen LogP contribution is -2.40. The predicted octanol–water partition coefficient (Wildman–Crippen LogP) is 2.57. The first-order valence-corrected chi connectivity index (χ1v) is 10.4. The SMILES string of the molecule is CCNC(=NCCC(=O)N1CCc2sccc2C1)N1CCC(COC)C1.I. The van der Waals surface area contributed by atoms with Crippen LogP contribution < -0.4 is 5.32 Å². The van der Waals surface area contributed by atoms with E-state index in [2.05, 4.69) is 28.6 Å². The lowest BCUT2D eigenvalue weighted by atomic mass is 10.1. The minimum absolute atomic E-state index is 0. The summed E-state index contributed by atoms with van der Waals surface area (Å²) in [5.74, 6) is 1.71. The third kappa shape index (κ3) is 6.05. The maximum Gasteiger partial charge on any atom is 0.224 e. The standard InChI is InChI=1S/C19H30N4O2S.HI/c1-3-20-19(23-9-5-15(12-23)14-25-2)21-8-4-18(24)22-10-6-17-16(13-22)7-11-26-17;/h7,11,15H,3-6,8-10,12-14H2,1-2H3,(H,20,21);1H. The van der Waals surface area contributed by atoms with Crippen molar-refractivity contribution >= 4 is 47.2 Å². The Kier molecular flexibility index (Phi) is 9.31. The molecular formula is C19H31IN4O2S. The van der Waals surface area contributed by atoms with Crippen molar-refractivity contribution in [3.05, 3.63) is 21.9 Å². The summed E-state index contributed by atoms with van der Waals surface area (Å²) in [4.78, 5) is 22.9. The number of nitrogens with zero attached hydrogens (tertiary/aromatic N) is 3. The zero-order valence-corrected chi connectivity index (χ0v) is 19.4. The van der Waals surface area contributed by atoms with E-state index in [1.165, 1.54) is 10.4 Å². The van der Waals surface area contributed by atoms with Crippen LogP contribution in [0.2, 0.25) is 0 Å². The van der Waals surface area contributed by atoms with Gasteiger partial charge in [0.25, 0.3) is 0 Å². The molecule has 1 aromatic rings. The fraction of sp³-hybridized carbons (Fsp3) is 0.684. The third-order valence-electron chi connectivity index (χ3n) is 5.07. The summed E-state index contributed by atoms with van der Waals surface area (Å²) in [6.07, 6.45) is 2.59. The molecule has 0 aromatic carbocycles. The quantitative estimate of drug-likeness (QED) is 0.366. The minimum atomic E-state index is 0. The van der Waals surface area contributed by atoms with Crippen molar-refractivity contribution in [1.82, 2.24) is 15.1 Å². The molecule has 1 fully saturated rings. The van der Waals surface area contributed by atoms with Crippen molar-refractivity contribution in [2.75, 3.05) is 46.4 Å². The first-order valence-electron chi connectivity index (χ1n) is 9.56. The van der Waals surface area contributed by atoms with Gasteiger partial charge in [-0.25, -0.2) is 0 Å². The van der Waals surface area contributed by atoms with Crippen molar-refractivity contribution in [1.29, 1.82) is 0 Å². The fourth-order valence-corrected chi connectivity index (χ4v) is 4.59. The van der Waals surface area contributed by atoms with Gasteiger partial charge in [-0.1, -0.05) is 0 Å². The molecule has 1 unspecified atom stereocenters. The largest absolute Gasteiger partial charge is 0.384 e. The number of guanidine groups is 1. The molecule has 152 valence electrons. The molecule has 0 saturated carbocycles. The molecule has 0 aliphatic carbocycles. The summed E-state index contributed by atoms with van der Waals surface area (Å²) in [6.45, 7) is 7.82. The van der Waals surface area contributed by atoms with Gasteiger partial charge in [0.2, 0.25) is 5.91 Å². The number of hydrogen-bond acceptors (Lipinski definition) is 4. The van der Waals surface area contributed by atoms with Gasteiger partial charge in [-0.3, -0.25) is 9.79 Å². The lowest BCUT2D eigenvalue weighted by Gasteiger charge is -2.27. The Morgan fingerprint density at radius 1 is 1.41 bits per heavy atom. The van der Waals surface area contributed by atoms with E-state index in [9.17, 15) is 4.79 Å². The summed E-state index contributed by atoms with van der Waals surface area (Å²) in [6, 6.07) is 2.14. The number of aliphatic imine (C=N–C) groups is 1. The Morgan fingerprint density at radius 3 is 3.04 bits per heavy atom. The number of carbonyl (C=O) groups excluding carboxylic acids is 1. The summed E-state index contributed by atoms with van der Waals surface area (Å²) < 4.78 is 5.28. The number of carbonyl (C=O) groups is 1. The van der Waals surface area contributed by atoms with Crippen molar-refractivity contribution in [2.24, 2.45) is 10.9 Å². The van der Waals surface area contributed by atoms with E-state index in [4.69, 9.17) is 9.73 Å². The molecule has 0 bridgehead atoms. The number of nitrogens with one attached hydrogen (secondary N) is 1. The molecule has 1 N–H and O–H groups in total. The number of amides is 1. The Hall–Kier alpha value is -0.870. The first-order chi connectivity index (χ1) is 12.7. The number of ether oxygens (including phenoxy) is 1. The van der Waals surface area contributed by atoms with Gasteiger partial charge in [-0.2, -0.15) is 0 Å². The van der Waals surface area contributed by atoms with E-state index in [0.717, 1.165) is 58.1 Å². The van der Waals surface area contributed by atoms with Gasteiger partial charge in [0, 0.05) is 57.0 Å². The Bertz CT molecular complexity index is 637. The van der Waals surface area contributed by atoms with Crippen LogP contribution in [0.3, 0.4) is 0 Å². The normalized spacial score (nSPS) is 19.6. The van der Waals surface area contributed by atoms with E-state index in [1.54, 1.807) is 18.4 Å². The predicted molar refractivity (Wildman–Crippen MR) is 121 cm³/mol. The van der Waals surface area contributed by atoms with Gasteiger partial charge in [-0.15, -0.1) is 35.3 Å². The summed E-state index contributed by atoms with van der Waals surface area (Å²) in [7, 11) is 1.76. The van der Waals surface area contributed by atoms with Crippen LogP contribution in [-0.2, 0) is 22.5 Å². The number of fused-ring (bicyclic) bond motifs is 1. The molecule has 3 heterocycles. The van der Waals surface area contributed by atoms with E-state index < -0.39 is 0 Å². The Morgan fingerprint density at radius 2 is 2.26 bits per heavy atom. The number of hydrogen-bond donors (Lipinski definition) is 1. The molecule has 2 aliphatic rings. The maximum atomic E-state index is 12.5. The molecule has 1 atom stereocenters. The molecule has 3 rings (SSSR count). The zero-order valence-electron chi connectivity index (χ0n) is 16.3. The highest BCUT2D eigenvalue weighted by Crippen LogP contribution is 2.24. The topological polar surface area (TPSA) is 57.2 Å². The van der Waals surface area contributed by atoms with Crippen LogP contribution in [0.5, 0.6) is 0 Å². The van der Waals surface area contributed by atoms with E-state index in [0.29, 0.717) is 18.9 Å². The molecule has 2 aliphatic heterocycles. The molecule has 6 nitrogen and oxygen atoms in total. The molecule has 1 amide bonds. The smallest absolute Gasteiger partial charge is 0.224 e. The highest BCUT2D eigenvalue weighted by atomic mass is 127. The highest BCUT2D eigenvalue weighted by Gasteiger charge is 2.25. The number of thiophene rings is 1. The van der Waals surface area contributed by atoms with Crippen molar-refractivity contribution in [2.45, 2.75) is 32.7 Å². The van der Waals surface area contributed by atoms with E-state index >= 15 is 0 Å². The molecule has 27 heavy (non-hydrogen) atoms. The van der Waals surface area contributed by atoms with Gasteiger partial charge in [0.15, 0.2) is 5.96 Å². The van der Waals surface area contributed by atoms with Crippen LogP contribution in [-0.4, -0.2) is 68.1 Å². The fourth-order valence-electron chi connectivity index (χ4n) is 3.70.